The third-order valence-corrected chi connectivity index (χ3v) is 4.60. The SMILES string of the molecule is CC.CC1CC(=O)C2(C)CCC12C. The van der Waals surface area contributed by atoms with Gasteiger partial charge in [-0.25, -0.2) is 0 Å². The van der Waals surface area contributed by atoms with Gasteiger partial charge in [-0.3, -0.25) is 4.79 Å². The molecule has 0 aromatic heterocycles. The maximum absolute atomic E-state index is 11.6. The Morgan fingerprint density at radius 3 is 1.92 bits per heavy atom. The molecule has 0 aliphatic heterocycles. The predicted octanol–water partition coefficient (Wildman–Crippen LogP) is 3.43. The minimum atomic E-state index is 0.0619. The van der Waals surface area contributed by atoms with Gasteiger partial charge in [0.2, 0.25) is 0 Å². The number of ketones is 1. The molecule has 0 heterocycles. The van der Waals surface area contributed by atoms with E-state index in [9.17, 15) is 4.79 Å². The lowest BCUT2D eigenvalue weighted by molar-refractivity contribution is -0.138. The van der Waals surface area contributed by atoms with Crippen molar-refractivity contribution >= 4 is 5.78 Å². The van der Waals surface area contributed by atoms with E-state index in [1.165, 1.54) is 6.42 Å². The van der Waals surface area contributed by atoms with Gasteiger partial charge < -0.3 is 0 Å². The van der Waals surface area contributed by atoms with E-state index in [-0.39, 0.29) is 5.41 Å². The molecule has 0 aromatic rings. The van der Waals surface area contributed by atoms with Crippen molar-refractivity contribution in [3.63, 3.8) is 0 Å². The summed E-state index contributed by atoms with van der Waals surface area (Å²) in [5.41, 5.74) is 0.413. The van der Waals surface area contributed by atoms with Gasteiger partial charge >= 0.3 is 0 Å². The Balaban J connectivity index is 0.000000396. The summed E-state index contributed by atoms with van der Waals surface area (Å²) in [7, 11) is 0. The summed E-state index contributed by atoms with van der Waals surface area (Å²) < 4.78 is 0. The highest BCUT2D eigenvalue weighted by molar-refractivity contribution is 5.89. The standard InChI is InChI=1S/C10H16O.C2H6/c1-7-6-8(11)10(3)5-4-9(7,10)2;1-2/h7H,4-6H2,1-3H3;1-2H3. The molecule has 1 heteroatoms. The molecule has 0 saturated heterocycles. The number of hydrogen-bond acceptors (Lipinski definition) is 1. The molecule has 2 aliphatic rings. The van der Waals surface area contributed by atoms with Gasteiger partial charge in [0.15, 0.2) is 0 Å². The smallest absolute Gasteiger partial charge is 0.139 e. The van der Waals surface area contributed by atoms with E-state index >= 15 is 0 Å². The number of Topliss-reactive ketones (excluding diaryl/α,β-unsaturated/α-hetero) is 1. The highest BCUT2D eigenvalue weighted by Crippen LogP contribution is 2.66. The first kappa shape index (κ1) is 10.7. The summed E-state index contributed by atoms with van der Waals surface area (Å²) >= 11 is 0. The first-order valence-electron chi connectivity index (χ1n) is 5.54. The maximum Gasteiger partial charge on any atom is 0.139 e. The Kier molecular flexibility index (Phi) is 2.57. The summed E-state index contributed by atoms with van der Waals surface area (Å²) in [4.78, 5) is 11.6. The summed E-state index contributed by atoms with van der Waals surface area (Å²) in [6, 6.07) is 0. The summed E-state index contributed by atoms with van der Waals surface area (Å²) in [5.74, 6) is 1.13. The van der Waals surface area contributed by atoms with Gasteiger partial charge in [0.05, 0.1) is 0 Å². The van der Waals surface area contributed by atoms with Crippen molar-refractivity contribution in [3.8, 4) is 0 Å². The molecule has 76 valence electrons. The Hall–Kier alpha value is -0.330. The molecule has 13 heavy (non-hydrogen) atoms. The van der Waals surface area contributed by atoms with Gasteiger partial charge in [-0.15, -0.1) is 0 Å². The van der Waals surface area contributed by atoms with Gasteiger partial charge in [0.1, 0.15) is 5.78 Å². The highest BCUT2D eigenvalue weighted by atomic mass is 16.1. The van der Waals surface area contributed by atoms with Gasteiger partial charge in [-0.05, 0) is 24.2 Å². The first-order chi connectivity index (χ1) is 6.01. The van der Waals surface area contributed by atoms with Crippen molar-refractivity contribution in [2.45, 2.75) is 53.9 Å². The summed E-state index contributed by atoms with van der Waals surface area (Å²) in [6.45, 7) is 10.7. The van der Waals surface area contributed by atoms with Crippen LogP contribution in [0.1, 0.15) is 53.9 Å². The van der Waals surface area contributed by atoms with Crippen molar-refractivity contribution < 1.29 is 4.79 Å². The number of rotatable bonds is 0. The van der Waals surface area contributed by atoms with E-state index < -0.39 is 0 Å². The lowest BCUT2D eigenvalue weighted by atomic mass is 9.51. The van der Waals surface area contributed by atoms with E-state index in [0.717, 1.165) is 12.8 Å². The minimum absolute atomic E-state index is 0.0619. The number of carbonyl (C=O) groups excluding carboxylic acids is 1. The Morgan fingerprint density at radius 1 is 1.23 bits per heavy atom. The second-order valence-electron chi connectivity index (χ2n) is 4.78. The highest BCUT2D eigenvalue weighted by Gasteiger charge is 2.63. The quantitative estimate of drug-likeness (QED) is 0.561. The molecule has 2 saturated carbocycles. The average Bonchev–Trinajstić information content (AvgIpc) is 2.24. The number of carbonyl (C=O) groups is 1. The van der Waals surface area contributed by atoms with Crippen molar-refractivity contribution in [2.24, 2.45) is 16.7 Å². The number of hydrogen-bond donors (Lipinski definition) is 0. The molecule has 3 atom stereocenters. The van der Waals surface area contributed by atoms with Crippen LogP contribution in [0, 0.1) is 16.7 Å². The van der Waals surface area contributed by atoms with E-state index in [1.54, 1.807) is 0 Å². The van der Waals surface area contributed by atoms with Crippen LogP contribution >= 0.6 is 0 Å². The summed E-state index contributed by atoms with van der Waals surface area (Å²) in [5, 5.41) is 0. The zero-order chi connectivity index (χ0) is 10.3. The molecule has 1 nitrogen and oxygen atoms in total. The van der Waals surface area contributed by atoms with Crippen LogP contribution < -0.4 is 0 Å². The second-order valence-corrected chi connectivity index (χ2v) is 4.78. The Bertz CT molecular complexity index is 221. The van der Waals surface area contributed by atoms with E-state index in [0.29, 0.717) is 17.1 Å². The maximum atomic E-state index is 11.6. The van der Waals surface area contributed by atoms with Crippen molar-refractivity contribution in [1.82, 2.24) is 0 Å². The van der Waals surface area contributed by atoms with Crippen LogP contribution in [0.25, 0.3) is 0 Å². The van der Waals surface area contributed by atoms with Crippen molar-refractivity contribution in [2.75, 3.05) is 0 Å². The van der Waals surface area contributed by atoms with Gasteiger partial charge in [-0.1, -0.05) is 34.6 Å². The zero-order valence-electron chi connectivity index (χ0n) is 9.61. The topological polar surface area (TPSA) is 17.1 Å². The molecular formula is C12H22O. The van der Waals surface area contributed by atoms with Crippen LogP contribution in [0.3, 0.4) is 0 Å². The van der Waals surface area contributed by atoms with Crippen molar-refractivity contribution in [1.29, 1.82) is 0 Å². The van der Waals surface area contributed by atoms with Crippen LogP contribution in [0.5, 0.6) is 0 Å². The lowest BCUT2D eigenvalue weighted by Crippen LogP contribution is -2.48. The van der Waals surface area contributed by atoms with Gasteiger partial charge in [0, 0.05) is 11.8 Å². The fraction of sp³-hybridized carbons (Fsp3) is 0.917. The lowest BCUT2D eigenvalue weighted by Gasteiger charge is -2.52. The van der Waals surface area contributed by atoms with E-state index in [4.69, 9.17) is 0 Å². The Morgan fingerprint density at radius 2 is 1.77 bits per heavy atom. The van der Waals surface area contributed by atoms with Crippen LogP contribution in [0.4, 0.5) is 0 Å². The molecule has 2 fully saturated rings. The average molecular weight is 182 g/mol. The molecule has 0 bridgehead atoms. The molecule has 0 aromatic carbocycles. The Labute approximate surface area is 81.9 Å². The monoisotopic (exact) mass is 182 g/mol. The fourth-order valence-electron chi connectivity index (χ4n) is 2.87. The summed E-state index contributed by atoms with van der Waals surface area (Å²) in [6.07, 6.45) is 3.22. The van der Waals surface area contributed by atoms with E-state index in [2.05, 4.69) is 20.8 Å². The fourth-order valence-corrected chi connectivity index (χ4v) is 2.87. The molecule has 0 amide bonds. The predicted molar refractivity (Wildman–Crippen MR) is 55.6 cm³/mol. The third-order valence-electron chi connectivity index (χ3n) is 4.60. The largest absolute Gasteiger partial charge is 0.299 e. The second kappa shape index (κ2) is 3.11. The molecule has 2 rings (SSSR count). The molecular weight excluding hydrogens is 160 g/mol. The van der Waals surface area contributed by atoms with Crippen molar-refractivity contribution in [3.05, 3.63) is 0 Å². The van der Waals surface area contributed by atoms with Crippen LogP contribution in [-0.2, 0) is 4.79 Å². The van der Waals surface area contributed by atoms with Crippen LogP contribution in [0.15, 0.2) is 0 Å². The third kappa shape index (κ3) is 1.09. The molecule has 2 aliphatic carbocycles. The molecule has 0 N–H and O–H groups in total. The van der Waals surface area contributed by atoms with Crippen LogP contribution in [-0.4, -0.2) is 5.78 Å². The molecule has 3 unspecified atom stereocenters. The molecule has 0 spiro atoms. The van der Waals surface area contributed by atoms with Gasteiger partial charge in [-0.2, -0.15) is 0 Å². The first-order valence-corrected chi connectivity index (χ1v) is 5.54. The number of fused-ring (bicyclic) bond motifs is 1. The molecule has 0 radical (unpaired) electrons. The van der Waals surface area contributed by atoms with Gasteiger partial charge in [0.25, 0.3) is 0 Å². The van der Waals surface area contributed by atoms with Crippen LogP contribution in [0.2, 0.25) is 0 Å². The zero-order valence-corrected chi connectivity index (χ0v) is 9.61. The minimum Gasteiger partial charge on any atom is -0.299 e. The van der Waals surface area contributed by atoms with E-state index in [1.807, 2.05) is 13.8 Å². The normalized spacial score (nSPS) is 47.5.